The Morgan fingerprint density at radius 2 is 1.70 bits per heavy atom. The Morgan fingerprint density at radius 3 is 2.35 bits per heavy atom. The van der Waals surface area contributed by atoms with E-state index in [1.807, 2.05) is 31.2 Å². The van der Waals surface area contributed by atoms with Gasteiger partial charge in [0.2, 0.25) is 0 Å². The zero-order valence-electron chi connectivity index (χ0n) is 11.2. The van der Waals surface area contributed by atoms with E-state index in [2.05, 4.69) is 5.32 Å². The van der Waals surface area contributed by atoms with Gasteiger partial charge in [-0.1, -0.05) is 35.9 Å². The van der Waals surface area contributed by atoms with Crippen molar-refractivity contribution < 1.29 is 8.78 Å². The summed E-state index contributed by atoms with van der Waals surface area (Å²) in [6, 6.07) is 11.5. The van der Waals surface area contributed by atoms with Crippen molar-refractivity contribution in [2.75, 3.05) is 0 Å². The lowest BCUT2D eigenvalue weighted by atomic mass is 10.1. The van der Waals surface area contributed by atoms with E-state index in [9.17, 15) is 8.78 Å². The Hall–Kier alpha value is -1.45. The van der Waals surface area contributed by atoms with Crippen LogP contribution in [-0.2, 0) is 13.0 Å². The first-order valence-electron chi connectivity index (χ1n) is 6.47. The Morgan fingerprint density at radius 1 is 1.05 bits per heavy atom. The summed E-state index contributed by atoms with van der Waals surface area (Å²) in [5, 5.41) is 3.82. The molecule has 106 valence electrons. The Bertz CT molecular complexity index is 566. The third kappa shape index (κ3) is 3.78. The van der Waals surface area contributed by atoms with Crippen molar-refractivity contribution >= 4 is 11.6 Å². The van der Waals surface area contributed by atoms with E-state index < -0.39 is 11.6 Å². The van der Waals surface area contributed by atoms with E-state index in [0.717, 1.165) is 5.56 Å². The van der Waals surface area contributed by atoms with Gasteiger partial charge in [-0.25, -0.2) is 8.78 Å². The number of nitrogens with one attached hydrogen (secondary N) is 1. The molecular formula is C16H16ClF2N. The van der Waals surface area contributed by atoms with Crippen LogP contribution in [0.3, 0.4) is 0 Å². The first-order chi connectivity index (χ1) is 9.58. The van der Waals surface area contributed by atoms with Crippen molar-refractivity contribution in [3.63, 3.8) is 0 Å². The largest absolute Gasteiger partial charge is 0.310 e. The average molecular weight is 296 g/mol. The van der Waals surface area contributed by atoms with Crippen LogP contribution in [0.4, 0.5) is 8.78 Å². The van der Waals surface area contributed by atoms with Gasteiger partial charge in [0.15, 0.2) is 0 Å². The predicted molar refractivity (Wildman–Crippen MR) is 77.8 cm³/mol. The van der Waals surface area contributed by atoms with Crippen molar-refractivity contribution in [3.05, 3.63) is 70.2 Å². The van der Waals surface area contributed by atoms with Crippen molar-refractivity contribution in [1.29, 1.82) is 0 Å². The summed E-state index contributed by atoms with van der Waals surface area (Å²) >= 11 is 6.09. The van der Waals surface area contributed by atoms with Crippen LogP contribution < -0.4 is 5.32 Å². The molecule has 0 saturated carbocycles. The fraction of sp³-hybridized carbons (Fsp3) is 0.250. The molecule has 0 radical (unpaired) electrons. The van der Waals surface area contributed by atoms with E-state index in [1.54, 1.807) is 0 Å². The maximum absolute atomic E-state index is 13.5. The molecule has 1 atom stereocenters. The van der Waals surface area contributed by atoms with E-state index in [4.69, 9.17) is 11.6 Å². The van der Waals surface area contributed by atoms with Gasteiger partial charge in [0.05, 0.1) is 0 Å². The highest BCUT2D eigenvalue weighted by Gasteiger charge is 2.11. The first-order valence-corrected chi connectivity index (χ1v) is 6.85. The molecule has 2 aromatic rings. The lowest BCUT2D eigenvalue weighted by Gasteiger charge is -2.15. The molecule has 0 aliphatic rings. The van der Waals surface area contributed by atoms with Gasteiger partial charge in [-0.05, 0) is 37.1 Å². The second kappa shape index (κ2) is 6.82. The average Bonchev–Trinajstić information content (AvgIpc) is 2.41. The molecule has 4 heteroatoms. The highest BCUT2D eigenvalue weighted by Crippen LogP contribution is 2.17. The number of hydrogen-bond donors (Lipinski definition) is 1. The van der Waals surface area contributed by atoms with Crippen LogP contribution in [0.25, 0.3) is 0 Å². The maximum atomic E-state index is 13.5. The number of hydrogen-bond acceptors (Lipinski definition) is 1. The van der Waals surface area contributed by atoms with Gasteiger partial charge in [-0.15, -0.1) is 0 Å². The van der Waals surface area contributed by atoms with Gasteiger partial charge in [0, 0.05) is 23.2 Å². The summed E-state index contributed by atoms with van der Waals surface area (Å²) in [6.45, 7) is 2.12. The molecule has 0 aromatic heterocycles. The molecule has 0 bridgehead atoms. The smallest absolute Gasteiger partial charge is 0.130 e. The Labute approximate surface area is 122 Å². The molecule has 0 heterocycles. The molecule has 0 aliphatic heterocycles. The minimum absolute atomic E-state index is 0.0638. The summed E-state index contributed by atoms with van der Waals surface area (Å²) in [5.74, 6) is -1.05. The highest BCUT2D eigenvalue weighted by atomic mass is 35.5. The van der Waals surface area contributed by atoms with Crippen LogP contribution in [0.1, 0.15) is 18.1 Å². The molecule has 20 heavy (non-hydrogen) atoms. The first kappa shape index (κ1) is 14.9. The van der Waals surface area contributed by atoms with Gasteiger partial charge in [-0.2, -0.15) is 0 Å². The summed E-state index contributed by atoms with van der Waals surface area (Å²) in [7, 11) is 0. The fourth-order valence-electron chi connectivity index (χ4n) is 2.04. The topological polar surface area (TPSA) is 12.0 Å². The summed E-state index contributed by atoms with van der Waals surface area (Å²) < 4.78 is 27.0. The molecular weight excluding hydrogens is 280 g/mol. The minimum Gasteiger partial charge on any atom is -0.310 e. The zero-order valence-corrected chi connectivity index (χ0v) is 11.9. The molecule has 2 rings (SSSR count). The summed E-state index contributed by atoms with van der Waals surface area (Å²) in [6.07, 6.45) is 0.704. The molecule has 0 fully saturated rings. The third-order valence-corrected chi connectivity index (χ3v) is 3.54. The van der Waals surface area contributed by atoms with Crippen LogP contribution in [0.15, 0.2) is 42.5 Å². The normalized spacial score (nSPS) is 12.4. The van der Waals surface area contributed by atoms with Crippen LogP contribution in [0.5, 0.6) is 0 Å². The fourth-order valence-corrected chi connectivity index (χ4v) is 2.26. The van der Waals surface area contributed by atoms with E-state index in [-0.39, 0.29) is 18.2 Å². The molecule has 1 unspecified atom stereocenters. The lowest BCUT2D eigenvalue weighted by molar-refractivity contribution is 0.498. The van der Waals surface area contributed by atoms with Crippen molar-refractivity contribution in [3.8, 4) is 0 Å². The molecule has 2 aromatic carbocycles. The summed E-state index contributed by atoms with van der Waals surface area (Å²) in [5.41, 5.74) is 1.08. The Kier molecular flexibility index (Phi) is 5.10. The molecule has 0 aliphatic carbocycles. The van der Waals surface area contributed by atoms with Crippen LogP contribution in [-0.4, -0.2) is 6.04 Å². The molecule has 0 amide bonds. The van der Waals surface area contributed by atoms with E-state index in [1.165, 1.54) is 18.2 Å². The molecule has 1 nitrogen and oxygen atoms in total. The Balaban J connectivity index is 1.96. The molecule has 0 saturated heterocycles. The monoisotopic (exact) mass is 295 g/mol. The SMILES string of the molecule is CC(Cc1ccccc1Cl)NCc1c(F)cccc1F. The predicted octanol–water partition coefficient (Wildman–Crippen LogP) is 4.34. The van der Waals surface area contributed by atoms with E-state index >= 15 is 0 Å². The van der Waals surface area contributed by atoms with Crippen molar-refractivity contribution in [2.45, 2.75) is 25.9 Å². The number of halogens is 3. The number of rotatable bonds is 5. The molecule has 1 N–H and O–H groups in total. The maximum Gasteiger partial charge on any atom is 0.130 e. The van der Waals surface area contributed by atoms with Crippen LogP contribution in [0, 0.1) is 11.6 Å². The van der Waals surface area contributed by atoms with Gasteiger partial charge < -0.3 is 5.32 Å². The van der Waals surface area contributed by atoms with Crippen molar-refractivity contribution in [1.82, 2.24) is 5.32 Å². The molecule has 0 spiro atoms. The van der Waals surface area contributed by atoms with Crippen LogP contribution in [0.2, 0.25) is 5.02 Å². The van der Waals surface area contributed by atoms with E-state index in [0.29, 0.717) is 11.4 Å². The summed E-state index contributed by atoms with van der Waals surface area (Å²) in [4.78, 5) is 0. The standard InChI is InChI=1S/C16H16ClF2N/c1-11(9-12-5-2-3-6-14(12)17)20-10-13-15(18)7-4-8-16(13)19/h2-8,11,20H,9-10H2,1H3. The second-order valence-corrected chi connectivity index (χ2v) is 5.18. The van der Waals surface area contributed by atoms with Gasteiger partial charge in [-0.3, -0.25) is 0 Å². The van der Waals surface area contributed by atoms with Crippen LogP contribution >= 0.6 is 11.6 Å². The van der Waals surface area contributed by atoms with Gasteiger partial charge in [0.1, 0.15) is 11.6 Å². The van der Waals surface area contributed by atoms with Gasteiger partial charge in [0.25, 0.3) is 0 Å². The minimum atomic E-state index is -0.526. The third-order valence-electron chi connectivity index (χ3n) is 3.17. The van der Waals surface area contributed by atoms with Gasteiger partial charge >= 0.3 is 0 Å². The highest BCUT2D eigenvalue weighted by molar-refractivity contribution is 6.31. The van der Waals surface area contributed by atoms with Crippen molar-refractivity contribution in [2.24, 2.45) is 0 Å². The number of benzene rings is 2. The second-order valence-electron chi connectivity index (χ2n) is 4.78. The quantitative estimate of drug-likeness (QED) is 0.865. The zero-order chi connectivity index (χ0) is 14.5. The lowest BCUT2D eigenvalue weighted by Crippen LogP contribution is -2.28.